The first-order valence-electron chi connectivity index (χ1n) is 11.4. The summed E-state index contributed by atoms with van der Waals surface area (Å²) in [6.07, 6.45) is -18.1. The minimum absolute atomic E-state index is 0.00462. The number of fused-ring (bicyclic) bond motifs is 1. The Morgan fingerprint density at radius 3 is 2.10 bits per heavy atom. The van der Waals surface area contributed by atoms with Crippen LogP contribution in [-0.2, 0) is 11.8 Å². The number of halogens is 9. The molecule has 210 valence electrons. The van der Waals surface area contributed by atoms with Crippen molar-refractivity contribution in [3.05, 3.63) is 89.5 Å². The van der Waals surface area contributed by atoms with Gasteiger partial charge < -0.3 is 19.5 Å². The van der Waals surface area contributed by atoms with Gasteiger partial charge in [0.1, 0.15) is 11.5 Å². The number of benzene rings is 3. The van der Waals surface area contributed by atoms with E-state index in [0.29, 0.717) is 5.56 Å². The van der Waals surface area contributed by atoms with Crippen LogP contribution in [0.4, 0.5) is 45.2 Å². The molecule has 39 heavy (non-hydrogen) atoms. The fourth-order valence-electron chi connectivity index (χ4n) is 4.82. The molecule has 2 atom stereocenters. The summed E-state index contributed by atoms with van der Waals surface area (Å²) >= 11 is 0. The maximum absolute atomic E-state index is 13.2. The Balaban J connectivity index is 1.88. The highest BCUT2D eigenvalue weighted by molar-refractivity contribution is 5.67. The van der Waals surface area contributed by atoms with Crippen molar-refractivity contribution in [2.45, 2.75) is 36.8 Å². The van der Waals surface area contributed by atoms with Crippen molar-refractivity contribution in [2.75, 3.05) is 18.0 Å². The number of para-hydroxylation sites is 2. The summed E-state index contributed by atoms with van der Waals surface area (Å²) in [5.74, 6) is -1.19. The molecular formula is C26H20F9NO3. The molecule has 0 fully saturated rings. The first-order valence-corrected chi connectivity index (χ1v) is 11.4. The average molecular weight is 565 g/mol. The molecule has 4 rings (SSSR count). The predicted octanol–water partition coefficient (Wildman–Crippen LogP) is 6.76. The Morgan fingerprint density at radius 2 is 1.44 bits per heavy atom. The smallest absolute Gasteiger partial charge is 0.406 e. The van der Waals surface area contributed by atoms with E-state index in [9.17, 15) is 44.6 Å². The minimum atomic E-state index is -5.06. The van der Waals surface area contributed by atoms with Crippen LogP contribution in [0.5, 0.6) is 11.5 Å². The van der Waals surface area contributed by atoms with Crippen LogP contribution in [0, 0.1) is 0 Å². The molecule has 1 aliphatic rings. The van der Waals surface area contributed by atoms with Gasteiger partial charge in [-0.2, -0.15) is 13.2 Å². The van der Waals surface area contributed by atoms with Gasteiger partial charge in [-0.1, -0.05) is 48.5 Å². The van der Waals surface area contributed by atoms with E-state index in [1.165, 1.54) is 53.4 Å². The SMILES string of the molecule is OC(CN1CC(Cc2ccccc2OC(F)(F)F)(c2cccc(OC(F)(F)F)c2)c2ccccc21)C(F)(F)F. The predicted molar refractivity (Wildman–Crippen MR) is 121 cm³/mol. The first kappa shape index (κ1) is 28.4. The van der Waals surface area contributed by atoms with E-state index < -0.39 is 48.5 Å². The molecule has 2 unspecified atom stereocenters. The fraction of sp³-hybridized carbons (Fsp3) is 0.308. The molecule has 0 saturated carbocycles. The van der Waals surface area contributed by atoms with Crippen molar-refractivity contribution in [3.8, 4) is 11.5 Å². The Hall–Kier alpha value is -3.61. The van der Waals surface area contributed by atoms with Crippen LogP contribution < -0.4 is 14.4 Å². The molecule has 0 aliphatic carbocycles. The third-order valence-corrected chi connectivity index (χ3v) is 6.30. The van der Waals surface area contributed by atoms with Gasteiger partial charge in [0, 0.05) is 17.6 Å². The van der Waals surface area contributed by atoms with E-state index in [4.69, 9.17) is 0 Å². The fourth-order valence-corrected chi connectivity index (χ4v) is 4.82. The van der Waals surface area contributed by atoms with Gasteiger partial charge in [0.05, 0.1) is 6.54 Å². The Labute approximate surface area is 216 Å². The van der Waals surface area contributed by atoms with Crippen LogP contribution in [0.25, 0.3) is 0 Å². The highest BCUT2D eigenvalue weighted by atomic mass is 19.4. The number of nitrogens with zero attached hydrogens (tertiary/aromatic N) is 1. The number of rotatable bonds is 7. The summed E-state index contributed by atoms with van der Waals surface area (Å²) in [7, 11) is 0. The summed E-state index contributed by atoms with van der Waals surface area (Å²) in [4.78, 5) is 1.21. The molecule has 0 bridgehead atoms. The van der Waals surface area contributed by atoms with E-state index in [-0.39, 0.29) is 29.8 Å². The molecule has 0 radical (unpaired) electrons. The summed E-state index contributed by atoms with van der Waals surface area (Å²) in [6, 6.07) is 15.9. The van der Waals surface area contributed by atoms with E-state index in [2.05, 4.69) is 9.47 Å². The Kier molecular flexibility index (Phi) is 7.41. The molecule has 0 aromatic heterocycles. The van der Waals surface area contributed by atoms with Gasteiger partial charge in [-0.05, 0) is 47.4 Å². The summed E-state index contributed by atoms with van der Waals surface area (Å²) < 4.78 is 126. The lowest BCUT2D eigenvalue weighted by Gasteiger charge is -2.33. The van der Waals surface area contributed by atoms with Gasteiger partial charge in [-0.15, -0.1) is 26.3 Å². The van der Waals surface area contributed by atoms with Gasteiger partial charge in [-0.3, -0.25) is 0 Å². The second-order valence-corrected chi connectivity index (χ2v) is 8.95. The number of hydrogen-bond donors (Lipinski definition) is 1. The zero-order valence-electron chi connectivity index (χ0n) is 19.7. The third kappa shape index (κ3) is 6.52. The van der Waals surface area contributed by atoms with E-state index >= 15 is 0 Å². The van der Waals surface area contributed by atoms with Crippen molar-refractivity contribution in [1.29, 1.82) is 0 Å². The molecule has 0 spiro atoms. The molecule has 0 amide bonds. The molecular weight excluding hydrogens is 545 g/mol. The summed E-state index contributed by atoms with van der Waals surface area (Å²) in [6.45, 7) is -1.23. The van der Waals surface area contributed by atoms with Crippen LogP contribution in [-0.4, -0.2) is 43.2 Å². The second-order valence-electron chi connectivity index (χ2n) is 8.95. The number of ether oxygens (including phenoxy) is 2. The number of anilines is 1. The largest absolute Gasteiger partial charge is 0.573 e. The maximum atomic E-state index is 13.2. The van der Waals surface area contributed by atoms with Crippen molar-refractivity contribution in [1.82, 2.24) is 0 Å². The first-order chi connectivity index (χ1) is 18.1. The van der Waals surface area contributed by atoms with Crippen LogP contribution in [0.2, 0.25) is 0 Å². The lowest BCUT2D eigenvalue weighted by molar-refractivity contribution is -0.275. The maximum Gasteiger partial charge on any atom is 0.573 e. The number of alkyl halides is 9. The molecule has 4 nitrogen and oxygen atoms in total. The topological polar surface area (TPSA) is 41.9 Å². The van der Waals surface area contributed by atoms with Gasteiger partial charge in [0.15, 0.2) is 6.10 Å². The lowest BCUT2D eigenvalue weighted by Crippen LogP contribution is -2.44. The normalized spacial score (nSPS) is 18.6. The average Bonchev–Trinajstić information content (AvgIpc) is 3.12. The number of aliphatic hydroxyl groups is 1. The van der Waals surface area contributed by atoms with Crippen LogP contribution in [0.1, 0.15) is 16.7 Å². The zero-order valence-corrected chi connectivity index (χ0v) is 19.7. The number of hydrogen-bond acceptors (Lipinski definition) is 4. The molecule has 1 heterocycles. The lowest BCUT2D eigenvalue weighted by atomic mass is 9.71. The van der Waals surface area contributed by atoms with Crippen molar-refractivity contribution < 1.29 is 54.1 Å². The molecule has 1 aliphatic heterocycles. The molecule has 3 aromatic carbocycles. The molecule has 0 saturated heterocycles. The summed E-state index contributed by atoms with van der Waals surface area (Å²) in [5.41, 5.74) is -0.743. The molecule has 1 N–H and O–H groups in total. The van der Waals surface area contributed by atoms with Gasteiger partial charge in [-0.25, -0.2) is 0 Å². The van der Waals surface area contributed by atoms with E-state index in [1.807, 2.05) is 0 Å². The summed E-state index contributed by atoms with van der Waals surface area (Å²) in [5, 5.41) is 9.79. The standard InChI is InChI=1S/C26H20F9NO3/c27-24(28,29)22(37)14-36-15-23(19-9-2-3-10-20(19)36,17-7-5-8-18(12-17)38-25(30,31)32)13-16-6-1-4-11-21(16)39-26(33,34)35/h1-12,22,37H,13-15H2. The highest BCUT2D eigenvalue weighted by Gasteiger charge is 2.48. The third-order valence-electron chi connectivity index (χ3n) is 6.30. The Morgan fingerprint density at radius 1 is 0.795 bits per heavy atom. The van der Waals surface area contributed by atoms with E-state index in [1.54, 1.807) is 6.07 Å². The number of aliphatic hydroxyl groups excluding tert-OH is 1. The van der Waals surface area contributed by atoms with E-state index in [0.717, 1.165) is 18.2 Å². The monoisotopic (exact) mass is 565 g/mol. The van der Waals surface area contributed by atoms with Crippen LogP contribution in [0.3, 0.4) is 0 Å². The van der Waals surface area contributed by atoms with Crippen molar-refractivity contribution in [2.24, 2.45) is 0 Å². The van der Waals surface area contributed by atoms with Gasteiger partial charge in [0.2, 0.25) is 0 Å². The zero-order chi connectivity index (χ0) is 28.6. The Bertz CT molecular complexity index is 1310. The molecule has 13 heteroatoms. The van der Waals surface area contributed by atoms with Crippen LogP contribution >= 0.6 is 0 Å². The number of β-amino-alcohol motifs (C(OH)–C–C–N with tert-alkyl or cyclic N) is 1. The van der Waals surface area contributed by atoms with Crippen molar-refractivity contribution >= 4 is 5.69 Å². The quantitative estimate of drug-likeness (QED) is 0.322. The molecule has 3 aromatic rings. The second kappa shape index (κ2) is 10.2. The van der Waals surface area contributed by atoms with Crippen molar-refractivity contribution in [3.63, 3.8) is 0 Å². The van der Waals surface area contributed by atoms with Gasteiger partial charge in [0.25, 0.3) is 0 Å². The minimum Gasteiger partial charge on any atom is -0.406 e. The van der Waals surface area contributed by atoms with Crippen LogP contribution in [0.15, 0.2) is 72.8 Å². The highest BCUT2D eigenvalue weighted by Crippen LogP contribution is 2.49. The van der Waals surface area contributed by atoms with Gasteiger partial charge >= 0.3 is 18.9 Å².